The van der Waals surface area contributed by atoms with Gasteiger partial charge in [0.25, 0.3) is 6.10 Å². The topological polar surface area (TPSA) is 116 Å². The fourth-order valence-electron chi connectivity index (χ4n) is 5.89. The Bertz CT molecular complexity index is 742. The van der Waals surface area contributed by atoms with Crippen LogP contribution < -0.4 is 0 Å². The summed E-state index contributed by atoms with van der Waals surface area (Å²) in [5.74, 6) is -3.30. The van der Waals surface area contributed by atoms with Crippen molar-refractivity contribution in [1.29, 1.82) is 0 Å². The van der Waals surface area contributed by atoms with E-state index in [1.807, 2.05) is 0 Å². The molecular formula is C23H34O8. The molecule has 2 atom stereocenters. The number of carbonyl (C=O) groups is 4. The van der Waals surface area contributed by atoms with Crippen LogP contribution in [-0.2, 0) is 33.4 Å². The van der Waals surface area contributed by atoms with Crippen LogP contribution in [0, 0.1) is 22.7 Å². The highest BCUT2D eigenvalue weighted by Crippen LogP contribution is 2.65. The Kier molecular flexibility index (Phi) is 5.68. The van der Waals surface area contributed by atoms with E-state index in [1.54, 1.807) is 41.5 Å². The number of hydrogen-bond acceptors (Lipinski definition) is 7. The highest BCUT2D eigenvalue weighted by Gasteiger charge is 2.64. The summed E-state index contributed by atoms with van der Waals surface area (Å²) in [6.07, 6.45) is 1.41. The van der Waals surface area contributed by atoms with Crippen LogP contribution in [0.15, 0.2) is 0 Å². The van der Waals surface area contributed by atoms with Gasteiger partial charge in [0, 0.05) is 0 Å². The molecule has 31 heavy (non-hydrogen) atoms. The highest BCUT2D eigenvalue weighted by atomic mass is 16.6. The van der Waals surface area contributed by atoms with Crippen LogP contribution in [0.1, 0.15) is 80.1 Å². The molecule has 1 N–H and O–H groups in total. The molecule has 2 unspecified atom stereocenters. The summed E-state index contributed by atoms with van der Waals surface area (Å²) in [5, 5.41) is 9.89. The van der Waals surface area contributed by atoms with Gasteiger partial charge in [0.15, 0.2) is 0 Å². The molecule has 0 aromatic rings. The van der Waals surface area contributed by atoms with Crippen molar-refractivity contribution < 1.29 is 38.5 Å². The lowest BCUT2D eigenvalue weighted by Crippen LogP contribution is -2.58. The third kappa shape index (κ3) is 4.88. The minimum Gasteiger partial charge on any atom is -0.481 e. The minimum absolute atomic E-state index is 0.131. The smallest absolute Gasteiger partial charge is 0.359 e. The normalized spacial score (nSPS) is 32.0. The van der Waals surface area contributed by atoms with E-state index in [-0.39, 0.29) is 18.3 Å². The first-order valence-electron chi connectivity index (χ1n) is 10.9. The van der Waals surface area contributed by atoms with Crippen LogP contribution in [0.4, 0.5) is 0 Å². The largest absolute Gasteiger partial charge is 0.481 e. The van der Waals surface area contributed by atoms with E-state index >= 15 is 0 Å². The Balaban J connectivity index is 1.85. The van der Waals surface area contributed by atoms with E-state index in [2.05, 4.69) is 0 Å². The summed E-state index contributed by atoms with van der Waals surface area (Å²) in [6, 6.07) is 0. The Morgan fingerprint density at radius 2 is 1.23 bits per heavy atom. The maximum atomic E-state index is 13.4. The van der Waals surface area contributed by atoms with Gasteiger partial charge >= 0.3 is 23.9 Å². The van der Waals surface area contributed by atoms with Crippen molar-refractivity contribution in [2.75, 3.05) is 0 Å². The highest BCUT2D eigenvalue weighted by molar-refractivity contribution is 6.00. The van der Waals surface area contributed by atoms with Gasteiger partial charge in [0.05, 0.1) is 10.8 Å². The second-order valence-electron chi connectivity index (χ2n) is 11.7. The third-order valence-corrected chi connectivity index (χ3v) is 6.41. The molecule has 4 aliphatic rings. The molecule has 0 radical (unpaired) electrons. The number of carbonyl (C=O) groups excluding carboxylic acids is 3. The molecule has 174 valence electrons. The van der Waals surface area contributed by atoms with Crippen LogP contribution in [0.5, 0.6) is 0 Å². The monoisotopic (exact) mass is 438 g/mol. The first kappa shape index (κ1) is 23.5. The molecule has 8 nitrogen and oxygen atoms in total. The van der Waals surface area contributed by atoms with Crippen molar-refractivity contribution in [2.45, 2.75) is 97.4 Å². The number of carboxylic acids is 1. The summed E-state index contributed by atoms with van der Waals surface area (Å²) in [7, 11) is 0. The zero-order chi connectivity index (χ0) is 23.4. The molecule has 4 fully saturated rings. The minimum atomic E-state index is -1.85. The van der Waals surface area contributed by atoms with Crippen LogP contribution in [-0.4, -0.2) is 46.3 Å². The first-order valence-corrected chi connectivity index (χ1v) is 10.9. The van der Waals surface area contributed by atoms with Gasteiger partial charge in [-0.25, -0.2) is 9.59 Å². The van der Waals surface area contributed by atoms with Crippen LogP contribution >= 0.6 is 0 Å². The van der Waals surface area contributed by atoms with Gasteiger partial charge in [0.2, 0.25) is 0 Å². The molecule has 4 aliphatic carbocycles. The van der Waals surface area contributed by atoms with Gasteiger partial charge in [-0.05, 0) is 91.9 Å². The molecule has 0 spiro atoms. The van der Waals surface area contributed by atoms with E-state index < -0.39 is 52.0 Å². The van der Waals surface area contributed by atoms with Crippen molar-refractivity contribution in [3.8, 4) is 0 Å². The standard InChI is InChI=1S/C23H34O8/c1-20(2,3)30-16(24)15(17(25)31-21(4,5)6)29-19(28)23-10-13-7-14(11-23)9-22(8-13,12-23)18(26)27/h13-15H,7-12H2,1-6H3,(H,26,27). The van der Waals surface area contributed by atoms with Gasteiger partial charge in [-0.15, -0.1) is 0 Å². The van der Waals surface area contributed by atoms with E-state index in [0.29, 0.717) is 25.7 Å². The molecule has 0 amide bonds. The van der Waals surface area contributed by atoms with Gasteiger partial charge in [-0.1, -0.05) is 0 Å². The van der Waals surface area contributed by atoms with Gasteiger partial charge < -0.3 is 19.3 Å². The van der Waals surface area contributed by atoms with E-state index in [0.717, 1.165) is 6.42 Å². The number of aliphatic carboxylic acids is 1. The maximum Gasteiger partial charge on any atom is 0.359 e. The quantitative estimate of drug-likeness (QED) is 0.395. The van der Waals surface area contributed by atoms with Crippen molar-refractivity contribution >= 4 is 23.9 Å². The number of hydrogen-bond donors (Lipinski definition) is 1. The van der Waals surface area contributed by atoms with Crippen molar-refractivity contribution in [3.63, 3.8) is 0 Å². The van der Waals surface area contributed by atoms with Gasteiger partial charge in [0.1, 0.15) is 11.2 Å². The lowest BCUT2D eigenvalue weighted by molar-refractivity contribution is -0.206. The molecule has 4 rings (SSSR count). The Hall–Kier alpha value is -2.12. The van der Waals surface area contributed by atoms with Gasteiger partial charge in [-0.3, -0.25) is 9.59 Å². The van der Waals surface area contributed by atoms with E-state index in [1.165, 1.54) is 0 Å². The SMILES string of the molecule is CC(C)(C)OC(=O)C(OC(=O)C12CC3CC(CC(C(=O)O)(C3)C1)C2)C(=O)OC(C)(C)C. The lowest BCUT2D eigenvalue weighted by atomic mass is 9.44. The zero-order valence-electron chi connectivity index (χ0n) is 19.3. The Labute approximate surface area is 183 Å². The fourth-order valence-corrected chi connectivity index (χ4v) is 5.89. The molecule has 0 aliphatic heterocycles. The predicted molar refractivity (Wildman–Crippen MR) is 109 cm³/mol. The van der Waals surface area contributed by atoms with E-state index in [9.17, 15) is 24.3 Å². The first-order chi connectivity index (χ1) is 14.0. The summed E-state index contributed by atoms with van der Waals surface area (Å²) in [4.78, 5) is 50.9. The number of ether oxygens (including phenoxy) is 3. The molecule has 0 heterocycles. The summed E-state index contributed by atoms with van der Waals surface area (Å²) >= 11 is 0. The molecular weight excluding hydrogens is 404 g/mol. The zero-order valence-corrected chi connectivity index (χ0v) is 19.3. The van der Waals surface area contributed by atoms with Crippen molar-refractivity contribution in [2.24, 2.45) is 22.7 Å². The average Bonchev–Trinajstić information content (AvgIpc) is 2.54. The average molecular weight is 439 g/mol. The maximum absolute atomic E-state index is 13.4. The Morgan fingerprint density at radius 1 is 0.806 bits per heavy atom. The summed E-state index contributed by atoms with van der Waals surface area (Å²) < 4.78 is 16.1. The summed E-state index contributed by atoms with van der Waals surface area (Å²) in [5.41, 5.74) is -3.71. The third-order valence-electron chi connectivity index (χ3n) is 6.41. The predicted octanol–water partition coefficient (Wildman–Crippen LogP) is 3.25. The second kappa shape index (κ2) is 7.48. The van der Waals surface area contributed by atoms with Crippen LogP contribution in [0.3, 0.4) is 0 Å². The lowest BCUT2D eigenvalue weighted by Gasteiger charge is -2.59. The van der Waals surface area contributed by atoms with Crippen molar-refractivity contribution in [1.82, 2.24) is 0 Å². The molecule has 8 heteroatoms. The second-order valence-corrected chi connectivity index (χ2v) is 11.7. The molecule has 0 aromatic carbocycles. The van der Waals surface area contributed by atoms with Crippen LogP contribution in [0.2, 0.25) is 0 Å². The van der Waals surface area contributed by atoms with Crippen LogP contribution in [0.25, 0.3) is 0 Å². The number of carboxylic acid groups (broad SMARTS) is 1. The summed E-state index contributed by atoms with van der Waals surface area (Å²) in [6.45, 7) is 9.88. The van der Waals surface area contributed by atoms with Crippen molar-refractivity contribution in [3.05, 3.63) is 0 Å². The molecule has 4 saturated carbocycles. The fraction of sp³-hybridized carbons (Fsp3) is 0.826. The van der Waals surface area contributed by atoms with E-state index in [4.69, 9.17) is 14.2 Å². The van der Waals surface area contributed by atoms with Gasteiger partial charge in [-0.2, -0.15) is 0 Å². The molecule has 4 bridgehead atoms. The Morgan fingerprint density at radius 3 is 1.61 bits per heavy atom. The number of rotatable bonds is 5. The number of esters is 3. The molecule has 0 aromatic heterocycles. The molecule has 0 saturated heterocycles.